The van der Waals surface area contributed by atoms with E-state index in [0.29, 0.717) is 42.7 Å². The highest BCUT2D eigenvalue weighted by molar-refractivity contribution is 5.96. The number of fused-ring (bicyclic) bond motifs is 5. The van der Waals surface area contributed by atoms with E-state index < -0.39 is 0 Å². The highest BCUT2D eigenvalue weighted by atomic mass is 16.2. The van der Waals surface area contributed by atoms with Gasteiger partial charge in [0.2, 0.25) is 11.8 Å². The van der Waals surface area contributed by atoms with Crippen molar-refractivity contribution in [3.05, 3.63) is 12.2 Å². The summed E-state index contributed by atoms with van der Waals surface area (Å²) in [6.07, 6.45) is 22.5. The molecule has 0 aromatic heterocycles. The van der Waals surface area contributed by atoms with Crippen LogP contribution in [0, 0.1) is 46.3 Å². The lowest BCUT2D eigenvalue weighted by atomic mass is 9.48. The Bertz CT molecular complexity index is 998. The molecule has 0 aromatic carbocycles. The van der Waals surface area contributed by atoms with E-state index in [4.69, 9.17) is 0 Å². The monoisotopic (exact) mass is 551 g/mol. The maximum atomic E-state index is 14.5. The van der Waals surface area contributed by atoms with Gasteiger partial charge in [0, 0.05) is 30.5 Å². The van der Waals surface area contributed by atoms with Gasteiger partial charge in [-0.05, 0) is 105 Å². The second-order valence-corrected chi connectivity index (χ2v) is 15.0. The van der Waals surface area contributed by atoms with E-state index in [0.717, 1.165) is 51.4 Å². The number of urea groups is 1. The molecule has 6 aliphatic rings. The number of hydrogen-bond acceptors (Lipinski definition) is 3. The first-order valence-corrected chi connectivity index (χ1v) is 16.9. The van der Waals surface area contributed by atoms with Gasteiger partial charge in [-0.25, -0.2) is 4.79 Å². The Morgan fingerprint density at radius 1 is 0.875 bits per heavy atom. The number of nitrogens with one attached hydrogen (secondary N) is 2. The van der Waals surface area contributed by atoms with Crippen LogP contribution in [0.4, 0.5) is 4.79 Å². The van der Waals surface area contributed by atoms with Crippen LogP contribution < -0.4 is 10.6 Å². The van der Waals surface area contributed by atoms with Crippen molar-refractivity contribution in [1.29, 1.82) is 0 Å². The third-order valence-electron chi connectivity index (χ3n) is 12.9. The fourth-order valence-electron chi connectivity index (χ4n) is 10.5. The summed E-state index contributed by atoms with van der Waals surface area (Å²) in [6, 6.07) is 0.103. The predicted molar refractivity (Wildman–Crippen MR) is 157 cm³/mol. The Hall–Kier alpha value is -1.85. The Kier molecular flexibility index (Phi) is 8.09. The maximum absolute atomic E-state index is 14.5. The normalized spacial score (nSPS) is 40.0. The molecule has 0 spiro atoms. The summed E-state index contributed by atoms with van der Waals surface area (Å²) in [5.74, 6) is 2.76. The molecule has 7 atom stereocenters. The minimum absolute atomic E-state index is 0.00622. The van der Waals surface area contributed by atoms with E-state index in [-0.39, 0.29) is 40.6 Å². The lowest BCUT2D eigenvalue weighted by Gasteiger charge is -2.58. The standard InChI is InChI=1S/C34H53N3O3/c1-33-19-17-27-25(13-16-29-34(27,2)20-18-30(38)36-29)26(33)14-15-28(33)31(39)37(22-24-11-7-4-8-12-24)32(40)35-21-23-9-5-3-6-10-23/h18,20,23-29H,3-17,19,21-22H2,1-2H3,(H,35,40)(H,36,38)/t25-,26-,27+,28?,29?,33-,34+/m0/s1. The number of carbonyl (C=O) groups is 3. The van der Waals surface area contributed by atoms with Gasteiger partial charge in [-0.15, -0.1) is 0 Å². The Morgan fingerprint density at radius 3 is 2.30 bits per heavy atom. The summed E-state index contributed by atoms with van der Waals surface area (Å²) in [5, 5.41) is 6.50. The molecule has 6 nitrogen and oxygen atoms in total. The van der Waals surface area contributed by atoms with Crippen LogP contribution in [0.3, 0.4) is 0 Å². The second kappa shape index (κ2) is 11.4. The summed E-state index contributed by atoms with van der Waals surface area (Å²) in [7, 11) is 0. The quantitative estimate of drug-likeness (QED) is 0.404. The molecule has 5 aliphatic carbocycles. The molecule has 2 unspecified atom stereocenters. The lowest BCUT2D eigenvalue weighted by molar-refractivity contribution is -0.141. The van der Waals surface area contributed by atoms with Crippen molar-refractivity contribution in [1.82, 2.24) is 15.5 Å². The van der Waals surface area contributed by atoms with Crippen molar-refractivity contribution in [2.24, 2.45) is 46.3 Å². The second-order valence-electron chi connectivity index (χ2n) is 15.0. The fraction of sp³-hybridized carbons (Fsp3) is 0.853. The minimum Gasteiger partial charge on any atom is -0.349 e. The zero-order valence-electron chi connectivity index (χ0n) is 25.1. The van der Waals surface area contributed by atoms with Gasteiger partial charge in [0.05, 0.1) is 0 Å². The first-order valence-electron chi connectivity index (χ1n) is 16.9. The van der Waals surface area contributed by atoms with Gasteiger partial charge in [-0.1, -0.05) is 58.4 Å². The van der Waals surface area contributed by atoms with E-state index in [9.17, 15) is 14.4 Å². The van der Waals surface area contributed by atoms with Gasteiger partial charge in [0.25, 0.3) is 0 Å². The Balaban J connectivity index is 1.18. The largest absolute Gasteiger partial charge is 0.349 e. The van der Waals surface area contributed by atoms with Crippen molar-refractivity contribution in [3.8, 4) is 0 Å². The third-order valence-corrected chi connectivity index (χ3v) is 12.9. The third kappa shape index (κ3) is 5.15. The van der Waals surface area contributed by atoms with Crippen molar-refractivity contribution in [2.45, 2.75) is 123 Å². The molecule has 222 valence electrons. The van der Waals surface area contributed by atoms with E-state index in [1.54, 1.807) is 11.0 Å². The molecule has 4 amide bonds. The molecular formula is C34H53N3O3. The smallest absolute Gasteiger partial charge is 0.324 e. The van der Waals surface area contributed by atoms with Gasteiger partial charge in [0.15, 0.2) is 0 Å². The summed E-state index contributed by atoms with van der Waals surface area (Å²) in [6.45, 7) is 6.05. The SMILES string of the molecule is C[C@]12C=CC(=O)NC1CC[C@@H]1[C@H]2CC[C@]2(C)C(C(=O)N(CC3CCCCC3)C(=O)NCC3CCCCC3)CC[C@@H]12. The van der Waals surface area contributed by atoms with E-state index >= 15 is 0 Å². The average Bonchev–Trinajstić information content (AvgIpc) is 3.33. The van der Waals surface area contributed by atoms with Crippen LogP contribution in [0.5, 0.6) is 0 Å². The first kappa shape index (κ1) is 28.3. The summed E-state index contributed by atoms with van der Waals surface area (Å²) in [5.41, 5.74) is -0.0379. The van der Waals surface area contributed by atoms with E-state index in [1.807, 2.05) is 0 Å². The molecule has 5 saturated carbocycles. The van der Waals surface area contributed by atoms with E-state index in [1.165, 1.54) is 51.4 Å². The maximum Gasteiger partial charge on any atom is 0.324 e. The van der Waals surface area contributed by atoms with Crippen LogP contribution in [-0.2, 0) is 9.59 Å². The van der Waals surface area contributed by atoms with Crippen LogP contribution >= 0.6 is 0 Å². The van der Waals surface area contributed by atoms with Gasteiger partial charge in [-0.3, -0.25) is 14.5 Å². The fourth-order valence-corrected chi connectivity index (χ4v) is 10.5. The molecule has 2 N–H and O–H groups in total. The van der Waals surface area contributed by atoms with Crippen molar-refractivity contribution >= 4 is 17.8 Å². The molecule has 5 fully saturated rings. The Morgan fingerprint density at radius 2 is 1.57 bits per heavy atom. The molecule has 0 saturated heterocycles. The molecule has 0 bridgehead atoms. The molecule has 1 aliphatic heterocycles. The predicted octanol–water partition coefficient (Wildman–Crippen LogP) is 6.60. The highest BCUT2D eigenvalue weighted by Gasteiger charge is 2.61. The van der Waals surface area contributed by atoms with Gasteiger partial charge in [0.1, 0.15) is 0 Å². The number of rotatable bonds is 5. The summed E-state index contributed by atoms with van der Waals surface area (Å²) >= 11 is 0. The van der Waals surface area contributed by atoms with Crippen LogP contribution in [0.25, 0.3) is 0 Å². The topological polar surface area (TPSA) is 78.5 Å². The number of hydrogen-bond donors (Lipinski definition) is 2. The van der Waals surface area contributed by atoms with Crippen LogP contribution in [0.1, 0.15) is 117 Å². The minimum atomic E-state index is -0.127. The van der Waals surface area contributed by atoms with Crippen LogP contribution in [0.2, 0.25) is 0 Å². The molecule has 0 radical (unpaired) electrons. The number of imide groups is 1. The van der Waals surface area contributed by atoms with Crippen molar-refractivity contribution < 1.29 is 14.4 Å². The molecule has 1 heterocycles. The van der Waals surface area contributed by atoms with Crippen molar-refractivity contribution in [2.75, 3.05) is 13.1 Å². The summed E-state index contributed by atoms with van der Waals surface area (Å²) in [4.78, 5) is 42.0. The van der Waals surface area contributed by atoms with Gasteiger partial charge in [-0.2, -0.15) is 0 Å². The summed E-state index contributed by atoms with van der Waals surface area (Å²) < 4.78 is 0. The highest BCUT2D eigenvalue weighted by Crippen LogP contribution is 2.65. The van der Waals surface area contributed by atoms with E-state index in [2.05, 4.69) is 30.6 Å². The van der Waals surface area contributed by atoms with Crippen LogP contribution in [-0.4, -0.2) is 41.9 Å². The molecule has 6 heteroatoms. The molecule has 0 aromatic rings. The number of amides is 4. The first-order chi connectivity index (χ1) is 19.3. The number of nitrogens with zero attached hydrogens (tertiary/aromatic N) is 1. The van der Waals surface area contributed by atoms with Gasteiger partial charge >= 0.3 is 6.03 Å². The molecule has 40 heavy (non-hydrogen) atoms. The van der Waals surface area contributed by atoms with Gasteiger partial charge < -0.3 is 10.6 Å². The molecular weight excluding hydrogens is 498 g/mol. The molecule has 6 rings (SSSR count). The number of carbonyl (C=O) groups excluding carboxylic acids is 3. The zero-order chi connectivity index (χ0) is 27.9. The Labute approximate surface area is 241 Å². The van der Waals surface area contributed by atoms with Crippen molar-refractivity contribution in [3.63, 3.8) is 0 Å². The average molecular weight is 552 g/mol. The lowest BCUT2D eigenvalue weighted by Crippen LogP contribution is -2.60. The zero-order valence-corrected chi connectivity index (χ0v) is 25.1. The van der Waals surface area contributed by atoms with Crippen LogP contribution in [0.15, 0.2) is 12.2 Å².